The predicted molar refractivity (Wildman–Crippen MR) is 65.1 cm³/mol. The summed E-state index contributed by atoms with van der Waals surface area (Å²) in [6.45, 7) is 1.22. The van der Waals surface area contributed by atoms with Crippen LogP contribution in [0.15, 0.2) is 36.7 Å². The monoisotopic (exact) mass is 233 g/mol. The van der Waals surface area contributed by atoms with Crippen LogP contribution in [0.3, 0.4) is 0 Å². The molecule has 0 fully saturated rings. The van der Waals surface area contributed by atoms with Crippen LogP contribution in [0.4, 0.5) is 5.69 Å². The molecular formula is C12H15N3O2. The average Bonchev–Trinajstić information content (AvgIpc) is 2.84. The van der Waals surface area contributed by atoms with E-state index in [2.05, 4.69) is 5.10 Å². The first-order chi connectivity index (χ1) is 8.29. The topological polar surface area (TPSA) is 62.3 Å². The van der Waals surface area contributed by atoms with E-state index < -0.39 is 0 Å². The minimum Gasteiger partial charge on any atom is -0.493 e. The summed E-state index contributed by atoms with van der Waals surface area (Å²) >= 11 is 0. The Hall–Kier alpha value is -2.17. The van der Waals surface area contributed by atoms with E-state index in [0.29, 0.717) is 30.3 Å². The van der Waals surface area contributed by atoms with Crippen molar-refractivity contribution in [2.24, 2.45) is 0 Å². The van der Waals surface area contributed by atoms with E-state index in [1.54, 1.807) is 31.5 Å². The van der Waals surface area contributed by atoms with Crippen LogP contribution < -0.4 is 15.2 Å². The highest BCUT2D eigenvalue weighted by molar-refractivity contribution is 5.51. The third-order valence-corrected chi connectivity index (χ3v) is 2.32. The molecule has 1 aromatic heterocycles. The lowest BCUT2D eigenvalue weighted by molar-refractivity contribution is 0.274. The molecule has 1 aromatic carbocycles. The minimum absolute atomic E-state index is 0.530. The Bertz CT molecular complexity index is 469. The first kappa shape index (κ1) is 11.3. The number of rotatable bonds is 5. The maximum Gasteiger partial charge on any atom is 0.162 e. The second kappa shape index (κ2) is 5.25. The van der Waals surface area contributed by atoms with Crippen LogP contribution in [0.2, 0.25) is 0 Å². The lowest BCUT2D eigenvalue weighted by atomic mass is 10.3. The number of benzene rings is 1. The van der Waals surface area contributed by atoms with Gasteiger partial charge in [-0.2, -0.15) is 5.10 Å². The highest BCUT2D eigenvalue weighted by Crippen LogP contribution is 2.28. The van der Waals surface area contributed by atoms with Gasteiger partial charge in [0, 0.05) is 24.1 Å². The molecule has 0 saturated heterocycles. The van der Waals surface area contributed by atoms with Gasteiger partial charge >= 0.3 is 0 Å². The number of nitrogens with zero attached hydrogens (tertiary/aromatic N) is 2. The Balaban J connectivity index is 1.94. The molecule has 17 heavy (non-hydrogen) atoms. The highest BCUT2D eigenvalue weighted by Gasteiger charge is 2.04. The second-order valence-corrected chi connectivity index (χ2v) is 3.53. The zero-order valence-electron chi connectivity index (χ0n) is 9.67. The molecule has 0 saturated carbocycles. The molecular weight excluding hydrogens is 218 g/mol. The van der Waals surface area contributed by atoms with Crippen molar-refractivity contribution in [1.82, 2.24) is 9.78 Å². The van der Waals surface area contributed by atoms with Crippen LogP contribution in [0.5, 0.6) is 11.5 Å². The summed E-state index contributed by atoms with van der Waals surface area (Å²) in [5, 5.41) is 4.09. The van der Waals surface area contributed by atoms with Gasteiger partial charge in [0.05, 0.1) is 13.7 Å². The number of nitrogens with two attached hydrogens (primary N) is 1. The molecule has 2 aromatic rings. The molecule has 0 spiro atoms. The maximum absolute atomic E-state index is 5.66. The van der Waals surface area contributed by atoms with Gasteiger partial charge in [-0.25, -0.2) is 0 Å². The molecule has 5 heteroatoms. The van der Waals surface area contributed by atoms with Crippen molar-refractivity contribution in [2.75, 3.05) is 19.5 Å². The van der Waals surface area contributed by atoms with Crippen molar-refractivity contribution in [3.8, 4) is 11.5 Å². The lowest BCUT2D eigenvalue weighted by Crippen LogP contribution is -2.09. The van der Waals surface area contributed by atoms with Crippen molar-refractivity contribution in [1.29, 1.82) is 0 Å². The van der Waals surface area contributed by atoms with Crippen LogP contribution in [0.25, 0.3) is 0 Å². The summed E-state index contributed by atoms with van der Waals surface area (Å²) in [7, 11) is 1.59. The number of methoxy groups -OCH3 is 1. The molecule has 0 aliphatic rings. The summed E-state index contributed by atoms with van der Waals surface area (Å²) in [4.78, 5) is 0. The molecule has 0 unspecified atom stereocenters. The summed E-state index contributed by atoms with van der Waals surface area (Å²) < 4.78 is 12.6. The first-order valence-corrected chi connectivity index (χ1v) is 5.33. The summed E-state index contributed by atoms with van der Waals surface area (Å²) in [5.41, 5.74) is 6.31. The number of hydrogen-bond donors (Lipinski definition) is 1. The Morgan fingerprint density at radius 1 is 1.35 bits per heavy atom. The zero-order chi connectivity index (χ0) is 12.1. The molecule has 0 aliphatic carbocycles. The normalized spacial score (nSPS) is 10.2. The second-order valence-electron chi connectivity index (χ2n) is 3.53. The van der Waals surface area contributed by atoms with E-state index in [1.807, 2.05) is 16.9 Å². The van der Waals surface area contributed by atoms with E-state index in [1.165, 1.54) is 0 Å². The van der Waals surface area contributed by atoms with Gasteiger partial charge < -0.3 is 15.2 Å². The van der Waals surface area contributed by atoms with Crippen molar-refractivity contribution >= 4 is 5.69 Å². The maximum atomic E-state index is 5.66. The number of aromatic nitrogens is 2. The van der Waals surface area contributed by atoms with E-state index in [0.717, 1.165) is 0 Å². The van der Waals surface area contributed by atoms with E-state index in [-0.39, 0.29) is 0 Å². The van der Waals surface area contributed by atoms with Crippen LogP contribution in [0.1, 0.15) is 0 Å². The van der Waals surface area contributed by atoms with Crippen molar-refractivity contribution < 1.29 is 9.47 Å². The van der Waals surface area contributed by atoms with Crippen molar-refractivity contribution in [2.45, 2.75) is 6.54 Å². The quantitative estimate of drug-likeness (QED) is 0.796. The molecule has 0 radical (unpaired) electrons. The average molecular weight is 233 g/mol. The van der Waals surface area contributed by atoms with Gasteiger partial charge in [-0.1, -0.05) is 0 Å². The number of nitrogen functional groups attached to an aromatic ring is 1. The highest BCUT2D eigenvalue weighted by atomic mass is 16.5. The molecule has 2 N–H and O–H groups in total. The number of hydrogen-bond acceptors (Lipinski definition) is 4. The smallest absolute Gasteiger partial charge is 0.162 e. The number of ether oxygens (including phenoxy) is 2. The Kier molecular flexibility index (Phi) is 3.49. The standard InChI is InChI=1S/C12H15N3O2/c1-16-12-9-10(13)3-4-11(12)17-8-7-15-6-2-5-14-15/h2-6,9H,7-8,13H2,1H3. The lowest BCUT2D eigenvalue weighted by Gasteiger charge is -2.11. The van der Waals surface area contributed by atoms with E-state index in [4.69, 9.17) is 15.2 Å². The van der Waals surface area contributed by atoms with Gasteiger partial charge in [0.1, 0.15) is 6.61 Å². The van der Waals surface area contributed by atoms with Gasteiger partial charge in [0.25, 0.3) is 0 Å². The van der Waals surface area contributed by atoms with Crippen LogP contribution in [-0.2, 0) is 6.54 Å². The minimum atomic E-state index is 0.530. The zero-order valence-corrected chi connectivity index (χ0v) is 9.67. The predicted octanol–water partition coefficient (Wildman–Crippen LogP) is 1.55. The number of anilines is 1. The van der Waals surface area contributed by atoms with Gasteiger partial charge in [-0.15, -0.1) is 0 Å². The van der Waals surface area contributed by atoms with Gasteiger partial charge in [0.2, 0.25) is 0 Å². The molecule has 5 nitrogen and oxygen atoms in total. The third kappa shape index (κ3) is 2.90. The van der Waals surface area contributed by atoms with Crippen LogP contribution in [-0.4, -0.2) is 23.5 Å². The first-order valence-electron chi connectivity index (χ1n) is 5.33. The molecule has 0 bridgehead atoms. The summed E-state index contributed by atoms with van der Waals surface area (Å²) in [6.07, 6.45) is 3.63. The fraction of sp³-hybridized carbons (Fsp3) is 0.250. The SMILES string of the molecule is COc1cc(N)ccc1OCCn1cccn1. The molecule has 0 atom stereocenters. The summed E-state index contributed by atoms with van der Waals surface area (Å²) in [5.74, 6) is 1.33. The van der Waals surface area contributed by atoms with Gasteiger partial charge in [-0.05, 0) is 18.2 Å². The molecule has 1 heterocycles. The van der Waals surface area contributed by atoms with Crippen LogP contribution >= 0.6 is 0 Å². The fourth-order valence-electron chi connectivity index (χ4n) is 1.49. The van der Waals surface area contributed by atoms with Crippen molar-refractivity contribution in [3.05, 3.63) is 36.7 Å². The largest absolute Gasteiger partial charge is 0.493 e. The third-order valence-electron chi connectivity index (χ3n) is 2.32. The van der Waals surface area contributed by atoms with Gasteiger partial charge in [-0.3, -0.25) is 4.68 Å². The summed E-state index contributed by atoms with van der Waals surface area (Å²) in [6, 6.07) is 7.20. The van der Waals surface area contributed by atoms with E-state index >= 15 is 0 Å². The van der Waals surface area contributed by atoms with E-state index in [9.17, 15) is 0 Å². The Morgan fingerprint density at radius 3 is 2.94 bits per heavy atom. The molecule has 0 amide bonds. The molecule has 90 valence electrons. The van der Waals surface area contributed by atoms with Gasteiger partial charge in [0.15, 0.2) is 11.5 Å². The Morgan fingerprint density at radius 2 is 2.24 bits per heavy atom. The van der Waals surface area contributed by atoms with Crippen molar-refractivity contribution in [3.63, 3.8) is 0 Å². The van der Waals surface area contributed by atoms with Crippen LogP contribution in [0, 0.1) is 0 Å². The fourth-order valence-corrected chi connectivity index (χ4v) is 1.49. The molecule has 2 rings (SSSR count). The molecule has 0 aliphatic heterocycles. The Labute approximate surface area is 99.8 Å².